The van der Waals surface area contributed by atoms with Crippen molar-refractivity contribution in [1.82, 2.24) is 5.32 Å². The molecule has 1 saturated heterocycles. The Balaban J connectivity index is 1.61. The summed E-state index contributed by atoms with van der Waals surface area (Å²) < 4.78 is 5.42. The van der Waals surface area contributed by atoms with E-state index in [-0.39, 0.29) is 12.5 Å². The van der Waals surface area contributed by atoms with Crippen molar-refractivity contribution in [3.8, 4) is 0 Å². The van der Waals surface area contributed by atoms with E-state index >= 15 is 0 Å². The highest BCUT2D eigenvalue weighted by Gasteiger charge is 2.12. The van der Waals surface area contributed by atoms with E-state index in [2.05, 4.69) is 10.6 Å². The molecule has 1 heterocycles. The summed E-state index contributed by atoms with van der Waals surface area (Å²) in [6.45, 7) is 1.77. The minimum absolute atomic E-state index is 0.0674. The zero-order valence-electron chi connectivity index (χ0n) is 11.5. The van der Waals surface area contributed by atoms with Crippen molar-refractivity contribution in [3.05, 3.63) is 29.3 Å². The molecule has 2 rings (SSSR count). The molecular formula is C15H21ClN2O2. The molecule has 1 aromatic carbocycles. The van der Waals surface area contributed by atoms with Crippen LogP contribution in [0.5, 0.6) is 0 Å². The lowest BCUT2D eigenvalue weighted by atomic mass is 10.0. The average molecular weight is 297 g/mol. The van der Waals surface area contributed by atoms with Gasteiger partial charge in [0.1, 0.15) is 6.61 Å². The maximum atomic E-state index is 11.7. The third-order valence-electron chi connectivity index (χ3n) is 3.40. The molecule has 4 nitrogen and oxygen atoms in total. The van der Waals surface area contributed by atoms with Gasteiger partial charge in [-0.15, -0.1) is 0 Å². The number of piperidine rings is 1. The Hall–Kier alpha value is -1.10. The molecule has 0 aliphatic carbocycles. The fourth-order valence-corrected chi connectivity index (χ4v) is 2.49. The first-order chi connectivity index (χ1) is 9.75. The smallest absolute Gasteiger partial charge is 0.250 e. The number of anilines is 1. The van der Waals surface area contributed by atoms with Crippen LogP contribution in [0.15, 0.2) is 24.3 Å². The molecule has 1 unspecified atom stereocenters. The van der Waals surface area contributed by atoms with Crippen LogP contribution in [0, 0.1) is 0 Å². The number of para-hydroxylation sites is 1. The first-order valence-electron chi connectivity index (χ1n) is 7.11. The van der Waals surface area contributed by atoms with Gasteiger partial charge in [0.15, 0.2) is 0 Å². The van der Waals surface area contributed by atoms with Crippen molar-refractivity contribution >= 4 is 23.2 Å². The Morgan fingerprint density at radius 3 is 3.00 bits per heavy atom. The Kier molecular flexibility index (Phi) is 6.30. The lowest BCUT2D eigenvalue weighted by Crippen LogP contribution is -2.35. The summed E-state index contributed by atoms with van der Waals surface area (Å²) in [5.74, 6) is -0.172. The first-order valence-corrected chi connectivity index (χ1v) is 7.49. The van der Waals surface area contributed by atoms with Crippen molar-refractivity contribution < 1.29 is 9.53 Å². The molecule has 1 fully saturated rings. The zero-order valence-corrected chi connectivity index (χ0v) is 12.3. The van der Waals surface area contributed by atoms with E-state index in [0.29, 0.717) is 23.4 Å². The molecule has 1 aromatic rings. The van der Waals surface area contributed by atoms with Crippen LogP contribution in [-0.4, -0.2) is 31.7 Å². The van der Waals surface area contributed by atoms with Crippen LogP contribution in [-0.2, 0) is 9.53 Å². The van der Waals surface area contributed by atoms with E-state index in [0.717, 1.165) is 13.0 Å². The van der Waals surface area contributed by atoms with Gasteiger partial charge in [-0.25, -0.2) is 0 Å². The SMILES string of the molecule is O=C(COCCC1CCCCN1)Nc1ccccc1Cl. The van der Waals surface area contributed by atoms with Crippen LogP contribution in [0.2, 0.25) is 5.02 Å². The van der Waals surface area contributed by atoms with E-state index in [1.807, 2.05) is 12.1 Å². The molecule has 110 valence electrons. The molecule has 0 aromatic heterocycles. The number of nitrogens with one attached hydrogen (secondary N) is 2. The van der Waals surface area contributed by atoms with Gasteiger partial charge in [-0.3, -0.25) is 4.79 Å². The van der Waals surface area contributed by atoms with Crippen molar-refractivity contribution in [2.24, 2.45) is 0 Å². The van der Waals surface area contributed by atoms with Crippen molar-refractivity contribution in [3.63, 3.8) is 0 Å². The molecule has 0 spiro atoms. The van der Waals surface area contributed by atoms with Gasteiger partial charge in [0, 0.05) is 12.6 Å². The molecule has 0 saturated carbocycles. The van der Waals surface area contributed by atoms with Crippen molar-refractivity contribution in [1.29, 1.82) is 0 Å². The topological polar surface area (TPSA) is 50.4 Å². The molecule has 1 amide bonds. The Morgan fingerprint density at radius 2 is 2.25 bits per heavy atom. The van der Waals surface area contributed by atoms with Crippen LogP contribution in [0.3, 0.4) is 0 Å². The summed E-state index contributed by atoms with van der Waals surface area (Å²) >= 11 is 5.97. The number of ether oxygens (including phenoxy) is 1. The molecule has 2 N–H and O–H groups in total. The summed E-state index contributed by atoms with van der Waals surface area (Å²) in [6, 6.07) is 7.71. The number of hydrogen-bond donors (Lipinski definition) is 2. The molecule has 1 atom stereocenters. The highest BCUT2D eigenvalue weighted by Crippen LogP contribution is 2.20. The van der Waals surface area contributed by atoms with Gasteiger partial charge < -0.3 is 15.4 Å². The molecular weight excluding hydrogens is 276 g/mol. The number of carbonyl (C=O) groups is 1. The van der Waals surface area contributed by atoms with E-state index in [9.17, 15) is 4.79 Å². The molecule has 0 radical (unpaired) electrons. The van der Waals surface area contributed by atoms with Gasteiger partial charge >= 0.3 is 0 Å². The molecule has 1 aliphatic heterocycles. The van der Waals surface area contributed by atoms with Gasteiger partial charge in [0.2, 0.25) is 5.91 Å². The number of hydrogen-bond acceptors (Lipinski definition) is 3. The van der Waals surface area contributed by atoms with Gasteiger partial charge in [-0.1, -0.05) is 30.2 Å². The molecule has 5 heteroatoms. The average Bonchev–Trinajstić information content (AvgIpc) is 2.47. The fraction of sp³-hybridized carbons (Fsp3) is 0.533. The number of halogens is 1. The number of rotatable bonds is 6. The van der Waals surface area contributed by atoms with Gasteiger partial charge in [0.25, 0.3) is 0 Å². The third kappa shape index (κ3) is 5.12. The maximum Gasteiger partial charge on any atom is 0.250 e. The summed E-state index contributed by atoms with van der Waals surface area (Å²) in [5, 5.41) is 6.73. The minimum Gasteiger partial charge on any atom is -0.372 e. The van der Waals surface area contributed by atoms with Crippen molar-refractivity contribution in [2.45, 2.75) is 31.7 Å². The predicted octanol–water partition coefficient (Wildman–Crippen LogP) is 2.83. The van der Waals surface area contributed by atoms with E-state index < -0.39 is 0 Å². The quantitative estimate of drug-likeness (QED) is 0.794. The summed E-state index contributed by atoms with van der Waals surface area (Å²) in [4.78, 5) is 11.7. The standard InChI is InChI=1S/C15H21ClN2O2/c16-13-6-1-2-7-14(13)18-15(19)11-20-10-8-12-5-3-4-9-17-12/h1-2,6-7,12,17H,3-5,8-11H2,(H,18,19). The van der Waals surface area contributed by atoms with E-state index in [1.54, 1.807) is 12.1 Å². The third-order valence-corrected chi connectivity index (χ3v) is 3.73. The van der Waals surface area contributed by atoms with Crippen LogP contribution in [0.4, 0.5) is 5.69 Å². The van der Waals surface area contributed by atoms with Gasteiger partial charge in [0.05, 0.1) is 10.7 Å². The highest BCUT2D eigenvalue weighted by atomic mass is 35.5. The number of amides is 1. The maximum absolute atomic E-state index is 11.7. The fourth-order valence-electron chi connectivity index (χ4n) is 2.31. The van der Waals surface area contributed by atoms with Crippen LogP contribution < -0.4 is 10.6 Å². The summed E-state index contributed by atoms with van der Waals surface area (Å²) in [7, 11) is 0. The van der Waals surface area contributed by atoms with Crippen molar-refractivity contribution in [2.75, 3.05) is 25.1 Å². The summed E-state index contributed by atoms with van der Waals surface area (Å²) in [6.07, 6.45) is 4.71. The number of carbonyl (C=O) groups excluding carboxylic acids is 1. The van der Waals surface area contributed by atoms with E-state index in [4.69, 9.17) is 16.3 Å². The first kappa shape index (κ1) is 15.3. The van der Waals surface area contributed by atoms with Gasteiger partial charge in [-0.2, -0.15) is 0 Å². The van der Waals surface area contributed by atoms with Crippen LogP contribution in [0.25, 0.3) is 0 Å². The van der Waals surface area contributed by atoms with Crippen LogP contribution in [0.1, 0.15) is 25.7 Å². The lowest BCUT2D eigenvalue weighted by molar-refractivity contribution is -0.120. The second-order valence-corrected chi connectivity index (χ2v) is 5.42. The normalized spacial score (nSPS) is 18.8. The monoisotopic (exact) mass is 296 g/mol. The second kappa shape index (κ2) is 8.25. The Labute approximate surface area is 124 Å². The summed E-state index contributed by atoms with van der Waals surface area (Å²) in [5.41, 5.74) is 0.622. The lowest BCUT2D eigenvalue weighted by Gasteiger charge is -2.23. The highest BCUT2D eigenvalue weighted by molar-refractivity contribution is 6.33. The molecule has 0 bridgehead atoms. The minimum atomic E-state index is -0.172. The zero-order chi connectivity index (χ0) is 14.2. The Bertz CT molecular complexity index is 434. The molecule has 20 heavy (non-hydrogen) atoms. The number of benzene rings is 1. The van der Waals surface area contributed by atoms with Gasteiger partial charge in [-0.05, 0) is 37.9 Å². The van der Waals surface area contributed by atoms with E-state index in [1.165, 1.54) is 19.3 Å². The predicted molar refractivity (Wildman–Crippen MR) is 81.2 cm³/mol. The largest absolute Gasteiger partial charge is 0.372 e. The second-order valence-electron chi connectivity index (χ2n) is 5.02. The Morgan fingerprint density at radius 1 is 1.40 bits per heavy atom. The molecule has 1 aliphatic rings. The van der Waals surface area contributed by atoms with Crippen LogP contribution >= 0.6 is 11.6 Å².